The minimum atomic E-state index is -1.00. The maximum absolute atomic E-state index is 11.0. The monoisotopic (exact) mass is 250 g/mol. The molecule has 0 amide bonds. The van der Waals surface area contributed by atoms with Crippen LogP contribution in [0.15, 0.2) is 12.1 Å². The van der Waals surface area contributed by atoms with Crippen molar-refractivity contribution in [2.45, 2.75) is 19.8 Å². The van der Waals surface area contributed by atoms with Crippen LogP contribution in [-0.2, 0) is 0 Å². The highest BCUT2D eigenvalue weighted by atomic mass is 16.5. The third-order valence-corrected chi connectivity index (χ3v) is 3.07. The van der Waals surface area contributed by atoms with Crippen LogP contribution in [0.5, 0.6) is 5.88 Å². The highest BCUT2D eigenvalue weighted by Crippen LogP contribution is 2.16. The summed E-state index contributed by atoms with van der Waals surface area (Å²) >= 11 is 0. The molecule has 1 aromatic heterocycles. The third kappa shape index (κ3) is 3.20. The molecule has 98 valence electrons. The normalized spacial score (nSPS) is 15.8. The van der Waals surface area contributed by atoms with Crippen molar-refractivity contribution in [2.24, 2.45) is 0 Å². The van der Waals surface area contributed by atoms with Crippen molar-refractivity contribution in [2.75, 3.05) is 26.2 Å². The molecule has 1 N–H and O–H groups in total. The van der Waals surface area contributed by atoms with Gasteiger partial charge in [0.15, 0.2) is 0 Å². The molecule has 1 aliphatic rings. The van der Waals surface area contributed by atoms with Gasteiger partial charge in [-0.15, -0.1) is 0 Å². The Morgan fingerprint density at radius 2 is 2.17 bits per heavy atom. The van der Waals surface area contributed by atoms with E-state index in [0.29, 0.717) is 6.61 Å². The van der Waals surface area contributed by atoms with Crippen LogP contribution in [-0.4, -0.2) is 47.2 Å². The largest absolute Gasteiger partial charge is 0.477 e. The van der Waals surface area contributed by atoms with Gasteiger partial charge in [0.25, 0.3) is 0 Å². The fourth-order valence-electron chi connectivity index (χ4n) is 2.08. The summed E-state index contributed by atoms with van der Waals surface area (Å²) in [5.74, 6) is -0.777. The van der Waals surface area contributed by atoms with E-state index in [1.165, 1.54) is 18.9 Å². The number of hydrogen-bond donors (Lipinski definition) is 1. The Morgan fingerprint density at radius 3 is 2.83 bits per heavy atom. The zero-order chi connectivity index (χ0) is 13.0. The second-order valence-corrected chi connectivity index (χ2v) is 4.51. The summed E-state index contributed by atoms with van der Waals surface area (Å²) in [6, 6.07) is 3.21. The van der Waals surface area contributed by atoms with Crippen molar-refractivity contribution in [1.29, 1.82) is 0 Å². The molecule has 0 saturated carbocycles. The zero-order valence-corrected chi connectivity index (χ0v) is 10.6. The van der Waals surface area contributed by atoms with Crippen molar-refractivity contribution >= 4 is 5.97 Å². The Kier molecular flexibility index (Phi) is 4.15. The second kappa shape index (κ2) is 5.82. The lowest BCUT2D eigenvalue weighted by Gasteiger charge is -2.15. The fourth-order valence-corrected chi connectivity index (χ4v) is 2.08. The number of nitrogens with zero attached hydrogens (tertiary/aromatic N) is 2. The third-order valence-electron chi connectivity index (χ3n) is 3.07. The summed E-state index contributed by atoms with van der Waals surface area (Å²) in [6.45, 7) is 5.34. The minimum absolute atomic E-state index is 0.127. The van der Waals surface area contributed by atoms with Gasteiger partial charge in [-0.3, -0.25) is 4.90 Å². The number of ether oxygens (including phenoxy) is 1. The molecule has 0 bridgehead atoms. The van der Waals surface area contributed by atoms with Gasteiger partial charge in [-0.2, -0.15) is 0 Å². The van der Waals surface area contributed by atoms with Crippen LogP contribution >= 0.6 is 0 Å². The quantitative estimate of drug-likeness (QED) is 0.859. The smallest absolute Gasteiger partial charge is 0.341 e. The van der Waals surface area contributed by atoms with Gasteiger partial charge in [-0.1, -0.05) is 0 Å². The molecule has 18 heavy (non-hydrogen) atoms. The molecule has 1 aliphatic heterocycles. The Hall–Kier alpha value is -1.62. The number of aromatic carboxylic acids is 1. The molecule has 1 saturated heterocycles. The fraction of sp³-hybridized carbons (Fsp3) is 0.538. The predicted molar refractivity (Wildman–Crippen MR) is 67.1 cm³/mol. The van der Waals surface area contributed by atoms with Crippen molar-refractivity contribution in [1.82, 2.24) is 9.88 Å². The van der Waals surface area contributed by atoms with Gasteiger partial charge in [0, 0.05) is 12.2 Å². The highest BCUT2D eigenvalue weighted by molar-refractivity contribution is 5.90. The highest BCUT2D eigenvalue weighted by Gasteiger charge is 2.15. The zero-order valence-electron chi connectivity index (χ0n) is 10.6. The average molecular weight is 250 g/mol. The van der Waals surface area contributed by atoms with Gasteiger partial charge < -0.3 is 9.84 Å². The van der Waals surface area contributed by atoms with E-state index in [2.05, 4.69) is 9.88 Å². The van der Waals surface area contributed by atoms with E-state index in [1.54, 1.807) is 6.07 Å². The minimum Gasteiger partial charge on any atom is -0.477 e. The molecule has 5 heteroatoms. The van der Waals surface area contributed by atoms with Crippen LogP contribution in [0, 0.1) is 6.92 Å². The number of aromatic nitrogens is 1. The molecule has 2 rings (SSSR count). The van der Waals surface area contributed by atoms with Crippen molar-refractivity contribution in [3.63, 3.8) is 0 Å². The number of carbonyl (C=O) groups is 1. The number of pyridine rings is 1. The van der Waals surface area contributed by atoms with Crippen molar-refractivity contribution in [3.05, 3.63) is 23.4 Å². The second-order valence-electron chi connectivity index (χ2n) is 4.51. The summed E-state index contributed by atoms with van der Waals surface area (Å²) < 4.78 is 5.51. The van der Waals surface area contributed by atoms with Crippen LogP contribution in [0.25, 0.3) is 0 Å². The summed E-state index contributed by atoms with van der Waals surface area (Å²) in [6.07, 6.45) is 2.48. The van der Waals surface area contributed by atoms with Gasteiger partial charge in [0.05, 0.1) is 0 Å². The summed E-state index contributed by atoms with van der Waals surface area (Å²) in [7, 11) is 0. The number of carboxylic acid groups (broad SMARTS) is 1. The number of rotatable bonds is 5. The molecule has 0 spiro atoms. The van der Waals surface area contributed by atoms with Crippen LogP contribution in [0.2, 0.25) is 0 Å². The van der Waals surface area contributed by atoms with E-state index < -0.39 is 5.97 Å². The standard InChI is InChI=1S/C13H18N2O3/c1-10-4-5-11(13(16)17)12(14-10)18-9-8-15-6-2-3-7-15/h4-5H,2-3,6-9H2,1H3,(H,16,17). The van der Waals surface area contributed by atoms with Crippen LogP contribution in [0.3, 0.4) is 0 Å². The molecule has 5 nitrogen and oxygen atoms in total. The average Bonchev–Trinajstić information content (AvgIpc) is 2.82. The summed E-state index contributed by atoms with van der Waals surface area (Å²) in [5, 5.41) is 9.04. The Labute approximate surface area is 106 Å². The van der Waals surface area contributed by atoms with Crippen molar-refractivity contribution < 1.29 is 14.6 Å². The number of carboxylic acids is 1. The molecule has 0 atom stereocenters. The number of likely N-dealkylation sites (tertiary alicyclic amines) is 1. The van der Waals surface area contributed by atoms with E-state index in [4.69, 9.17) is 9.84 Å². The van der Waals surface area contributed by atoms with E-state index in [0.717, 1.165) is 25.3 Å². The first-order valence-electron chi connectivity index (χ1n) is 6.23. The van der Waals surface area contributed by atoms with E-state index >= 15 is 0 Å². The van der Waals surface area contributed by atoms with Gasteiger partial charge in [0.2, 0.25) is 5.88 Å². The Bertz CT molecular complexity index is 428. The lowest BCUT2D eigenvalue weighted by Crippen LogP contribution is -2.25. The Balaban J connectivity index is 1.94. The predicted octanol–water partition coefficient (Wildman–Crippen LogP) is 1.56. The first-order valence-corrected chi connectivity index (χ1v) is 6.23. The molecule has 1 aromatic rings. The molecule has 0 unspecified atom stereocenters. The molecule has 0 radical (unpaired) electrons. The van der Waals surface area contributed by atoms with E-state index in [-0.39, 0.29) is 11.4 Å². The molecule has 0 aliphatic carbocycles. The Morgan fingerprint density at radius 1 is 1.44 bits per heavy atom. The van der Waals surface area contributed by atoms with Crippen LogP contribution in [0.1, 0.15) is 28.9 Å². The maximum atomic E-state index is 11.0. The van der Waals surface area contributed by atoms with Crippen molar-refractivity contribution in [3.8, 4) is 5.88 Å². The lowest BCUT2D eigenvalue weighted by molar-refractivity contribution is 0.0690. The molecule has 0 aromatic carbocycles. The molecular weight excluding hydrogens is 232 g/mol. The number of aryl methyl sites for hydroxylation is 1. The molecule has 2 heterocycles. The topological polar surface area (TPSA) is 62.7 Å². The van der Waals surface area contributed by atoms with Crippen LogP contribution < -0.4 is 4.74 Å². The van der Waals surface area contributed by atoms with Crippen LogP contribution in [0.4, 0.5) is 0 Å². The summed E-state index contributed by atoms with van der Waals surface area (Å²) in [4.78, 5) is 17.5. The van der Waals surface area contributed by atoms with E-state index in [9.17, 15) is 4.79 Å². The molecular formula is C13H18N2O3. The first kappa shape index (κ1) is 12.8. The van der Waals surface area contributed by atoms with Gasteiger partial charge in [0.1, 0.15) is 12.2 Å². The van der Waals surface area contributed by atoms with Gasteiger partial charge in [-0.05, 0) is 45.0 Å². The first-order chi connectivity index (χ1) is 8.66. The molecule has 1 fully saturated rings. The summed E-state index contributed by atoms with van der Waals surface area (Å²) in [5.41, 5.74) is 0.887. The van der Waals surface area contributed by atoms with E-state index in [1.807, 2.05) is 6.92 Å². The number of hydrogen-bond acceptors (Lipinski definition) is 4. The maximum Gasteiger partial charge on any atom is 0.341 e. The van der Waals surface area contributed by atoms with Gasteiger partial charge >= 0.3 is 5.97 Å². The lowest BCUT2D eigenvalue weighted by atomic mass is 10.2. The SMILES string of the molecule is Cc1ccc(C(=O)O)c(OCCN2CCCC2)n1. The van der Waals surface area contributed by atoms with Gasteiger partial charge in [-0.25, -0.2) is 9.78 Å².